The highest BCUT2D eigenvalue weighted by molar-refractivity contribution is 5.84. The number of halogens is 1. The average Bonchev–Trinajstić information content (AvgIpc) is 2.52. The predicted molar refractivity (Wildman–Crippen MR) is 53.8 cm³/mol. The van der Waals surface area contributed by atoms with E-state index in [0.717, 1.165) is 0 Å². The van der Waals surface area contributed by atoms with Crippen molar-refractivity contribution < 1.29 is 19.0 Å². The smallest absolute Gasteiger partial charge is 0.341 e. The topological polar surface area (TPSA) is 64.4 Å². The van der Waals surface area contributed by atoms with E-state index < -0.39 is 18.4 Å². The van der Waals surface area contributed by atoms with Gasteiger partial charge in [-0.1, -0.05) is 0 Å². The zero-order valence-electron chi connectivity index (χ0n) is 8.48. The first-order valence-electron chi connectivity index (χ1n) is 4.55. The number of carboxylic acids is 1. The number of carboxylic acid groups (broad SMARTS) is 1. The van der Waals surface area contributed by atoms with Gasteiger partial charge < -0.3 is 9.84 Å². The van der Waals surface area contributed by atoms with Crippen molar-refractivity contribution in [2.45, 2.75) is 0 Å². The van der Waals surface area contributed by atoms with Gasteiger partial charge in [-0.05, 0) is 18.2 Å². The first kappa shape index (κ1) is 10.4. The molecular formula is C10H9FN2O3. The normalized spacial score (nSPS) is 10.6. The molecule has 0 bridgehead atoms. The molecule has 2 aromatic rings. The molecule has 0 unspecified atom stereocenters. The molecule has 2 rings (SSSR count). The van der Waals surface area contributed by atoms with E-state index in [-0.39, 0.29) is 5.88 Å². The van der Waals surface area contributed by atoms with Gasteiger partial charge >= 0.3 is 5.97 Å². The van der Waals surface area contributed by atoms with Gasteiger partial charge in [-0.15, -0.1) is 5.10 Å². The number of carbonyl (C=O) groups is 1. The summed E-state index contributed by atoms with van der Waals surface area (Å²) in [4.78, 5) is 10.3. The Labute approximate surface area is 90.0 Å². The molecule has 0 fully saturated rings. The summed E-state index contributed by atoms with van der Waals surface area (Å²) in [6.45, 7) is -0.497. The lowest BCUT2D eigenvalue weighted by Gasteiger charge is -1.98. The number of hydrogen-bond acceptors (Lipinski definition) is 3. The largest absolute Gasteiger partial charge is 0.479 e. The van der Waals surface area contributed by atoms with E-state index in [0.29, 0.717) is 10.9 Å². The van der Waals surface area contributed by atoms with Crippen LogP contribution in [0.1, 0.15) is 0 Å². The van der Waals surface area contributed by atoms with E-state index in [1.165, 1.54) is 16.8 Å². The SMILES string of the molecule is Cn1nc(OCC(=O)O)c2cc(F)ccc21. The predicted octanol–water partition coefficient (Wildman–Crippen LogP) is 1.18. The molecule has 0 aliphatic rings. The van der Waals surface area contributed by atoms with Crippen LogP contribution in [0.5, 0.6) is 5.88 Å². The van der Waals surface area contributed by atoms with Crippen molar-refractivity contribution in [2.24, 2.45) is 7.05 Å². The molecule has 0 spiro atoms. The van der Waals surface area contributed by atoms with Gasteiger partial charge in [0.25, 0.3) is 0 Å². The van der Waals surface area contributed by atoms with Crippen molar-refractivity contribution in [3.8, 4) is 5.88 Å². The van der Waals surface area contributed by atoms with Crippen LogP contribution in [0.25, 0.3) is 10.9 Å². The van der Waals surface area contributed by atoms with Crippen molar-refractivity contribution in [2.75, 3.05) is 6.61 Å². The van der Waals surface area contributed by atoms with Crippen LogP contribution in [-0.2, 0) is 11.8 Å². The van der Waals surface area contributed by atoms with E-state index >= 15 is 0 Å². The molecule has 84 valence electrons. The van der Waals surface area contributed by atoms with E-state index in [2.05, 4.69) is 5.10 Å². The molecule has 1 heterocycles. The minimum atomic E-state index is -1.10. The van der Waals surface area contributed by atoms with Crippen molar-refractivity contribution in [3.63, 3.8) is 0 Å². The Morgan fingerprint density at radius 3 is 3.06 bits per heavy atom. The molecule has 5 nitrogen and oxygen atoms in total. The summed E-state index contributed by atoms with van der Waals surface area (Å²) < 4.78 is 19.5. The van der Waals surface area contributed by atoms with Gasteiger partial charge in [0, 0.05) is 7.05 Å². The second-order valence-corrected chi connectivity index (χ2v) is 3.27. The molecular weight excluding hydrogens is 215 g/mol. The van der Waals surface area contributed by atoms with Crippen molar-refractivity contribution in [1.29, 1.82) is 0 Å². The minimum absolute atomic E-state index is 0.124. The van der Waals surface area contributed by atoms with Gasteiger partial charge in [0.15, 0.2) is 6.61 Å². The molecule has 16 heavy (non-hydrogen) atoms. The summed E-state index contributed by atoms with van der Waals surface area (Å²) in [6, 6.07) is 4.13. The molecule has 1 aromatic carbocycles. The van der Waals surface area contributed by atoms with E-state index in [4.69, 9.17) is 9.84 Å². The lowest BCUT2D eigenvalue weighted by Crippen LogP contribution is -2.09. The molecule has 0 saturated carbocycles. The Morgan fingerprint density at radius 1 is 1.62 bits per heavy atom. The third kappa shape index (κ3) is 1.81. The van der Waals surface area contributed by atoms with Gasteiger partial charge in [0.05, 0.1) is 10.9 Å². The van der Waals surface area contributed by atoms with Crippen LogP contribution in [0.3, 0.4) is 0 Å². The summed E-state index contributed by atoms with van der Waals surface area (Å²) in [5.74, 6) is -1.39. The maximum Gasteiger partial charge on any atom is 0.341 e. The van der Waals surface area contributed by atoms with E-state index in [1.54, 1.807) is 13.1 Å². The number of benzene rings is 1. The zero-order chi connectivity index (χ0) is 11.7. The molecule has 1 aromatic heterocycles. The van der Waals surface area contributed by atoms with Crippen LogP contribution >= 0.6 is 0 Å². The first-order valence-corrected chi connectivity index (χ1v) is 4.55. The highest BCUT2D eigenvalue weighted by Gasteiger charge is 2.11. The van der Waals surface area contributed by atoms with Crippen LogP contribution in [0.4, 0.5) is 4.39 Å². The Bertz CT molecular complexity index is 550. The third-order valence-electron chi connectivity index (χ3n) is 2.11. The van der Waals surface area contributed by atoms with Crippen molar-refractivity contribution in [3.05, 3.63) is 24.0 Å². The summed E-state index contributed by atoms with van der Waals surface area (Å²) >= 11 is 0. The molecule has 6 heteroatoms. The lowest BCUT2D eigenvalue weighted by molar-refractivity contribution is -0.139. The standard InChI is InChI=1S/C10H9FN2O3/c1-13-8-3-2-6(11)4-7(8)10(12-13)16-5-9(14)15/h2-4H,5H2,1H3,(H,14,15). The van der Waals surface area contributed by atoms with Crippen molar-refractivity contribution in [1.82, 2.24) is 9.78 Å². The number of nitrogens with zero attached hydrogens (tertiary/aromatic N) is 2. The number of fused-ring (bicyclic) bond motifs is 1. The lowest BCUT2D eigenvalue weighted by atomic mass is 10.2. The highest BCUT2D eigenvalue weighted by Crippen LogP contribution is 2.24. The molecule has 1 N–H and O–H groups in total. The fourth-order valence-corrected chi connectivity index (χ4v) is 1.44. The quantitative estimate of drug-likeness (QED) is 0.850. The van der Waals surface area contributed by atoms with E-state index in [9.17, 15) is 9.18 Å². The molecule has 0 saturated heterocycles. The molecule has 0 atom stereocenters. The van der Waals surface area contributed by atoms with Gasteiger partial charge in [0.1, 0.15) is 5.82 Å². The summed E-state index contributed by atoms with van der Waals surface area (Å²) in [5.41, 5.74) is 0.682. The van der Waals surface area contributed by atoms with Gasteiger partial charge in [-0.3, -0.25) is 4.68 Å². The molecule has 0 amide bonds. The van der Waals surface area contributed by atoms with Crippen LogP contribution in [0, 0.1) is 5.82 Å². The number of aromatic nitrogens is 2. The van der Waals surface area contributed by atoms with Gasteiger partial charge in [-0.25, -0.2) is 9.18 Å². The van der Waals surface area contributed by atoms with Gasteiger partial charge in [-0.2, -0.15) is 0 Å². The van der Waals surface area contributed by atoms with E-state index in [1.807, 2.05) is 0 Å². The number of hydrogen-bond donors (Lipinski definition) is 1. The number of aliphatic carboxylic acids is 1. The van der Waals surface area contributed by atoms with Crippen LogP contribution in [-0.4, -0.2) is 27.5 Å². The first-order chi connectivity index (χ1) is 7.58. The fourth-order valence-electron chi connectivity index (χ4n) is 1.44. The van der Waals surface area contributed by atoms with Gasteiger partial charge in [0.2, 0.25) is 5.88 Å². The Balaban J connectivity index is 2.44. The van der Waals surface area contributed by atoms with Crippen molar-refractivity contribution >= 4 is 16.9 Å². The highest BCUT2D eigenvalue weighted by atomic mass is 19.1. The summed E-state index contributed by atoms with van der Waals surface area (Å²) in [6.07, 6.45) is 0. The summed E-state index contributed by atoms with van der Waals surface area (Å²) in [5, 5.41) is 12.9. The molecule has 0 radical (unpaired) electrons. The Morgan fingerprint density at radius 2 is 2.38 bits per heavy atom. The Hall–Kier alpha value is -2.11. The average molecular weight is 224 g/mol. The molecule has 0 aliphatic carbocycles. The minimum Gasteiger partial charge on any atom is -0.479 e. The maximum atomic E-state index is 13.0. The second-order valence-electron chi connectivity index (χ2n) is 3.27. The fraction of sp³-hybridized carbons (Fsp3) is 0.200. The second kappa shape index (κ2) is 3.80. The Kier molecular flexibility index (Phi) is 2.47. The van der Waals surface area contributed by atoms with Crippen LogP contribution < -0.4 is 4.74 Å². The number of rotatable bonds is 3. The molecule has 0 aliphatic heterocycles. The monoisotopic (exact) mass is 224 g/mol. The number of ether oxygens (including phenoxy) is 1. The van der Waals surface area contributed by atoms with Crippen LogP contribution in [0.15, 0.2) is 18.2 Å². The van der Waals surface area contributed by atoms with Crippen LogP contribution in [0.2, 0.25) is 0 Å². The number of aryl methyl sites for hydroxylation is 1. The summed E-state index contributed by atoms with van der Waals surface area (Å²) in [7, 11) is 1.67. The third-order valence-corrected chi connectivity index (χ3v) is 2.11. The maximum absolute atomic E-state index is 13.0. The zero-order valence-corrected chi connectivity index (χ0v) is 8.48.